The van der Waals surface area contributed by atoms with E-state index in [1.807, 2.05) is 24.3 Å². The van der Waals surface area contributed by atoms with Crippen LogP contribution in [-0.4, -0.2) is 43.0 Å². The van der Waals surface area contributed by atoms with Gasteiger partial charge in [-0.1, -0.05) is 23.7 Å². The normalized spacial score (nSPS) is 18.9. The van der Waals surface area contributed by atoms with E-state index in [-0.39, 0.29) is 18.3 Å². The van der Waals surface area contributed by atoms with E-state index in [0.717, 1.165) is 42.4 Å². The fourth-order valence-corrected chi connectivity index (χ4v) is 3.14. The number of nitrogens with one attached hydrogen (secondary N) is 2. The summed E-state index contributed by atoms with van der Waals surface area (Å²) in [6, 6.07) is 8.23. The number of hydrogen-bond acceptors (Lipinski definition) is 3. The number of benzene rings is 1. The molecule has 3 rings (SSSR count). The van der Waals surface area contributed by atoms with Gasteiger partial charge in [-0.05, 0) is 55.8 Å². The van der Waals surface area contributed by atoms with Crippen LogP contribution in [0.25, 0.3) is 0 Å². The fourth-order valence-electron chi connectivity index (χ4n) is 3.01. The minimum atomic E-state index is 0. The van der Waals surface area contributed by atoms with E-state index in [0.29, 0.717) is 19.1 Å². The largest absolute Gasteiger partial charge is 0.351 e. The lowest BCUT2D eigenvalue weighted by Gasteiger charge is -2.32. The lowest BCUT2D eigenvalue weighted by Crippen LogP contribution is -2.46. The van der Waals surface area contributed by atoms with Crippen LogP contribution in [0.3, 0.4) is 0 Å². The molecule has 134 valence electrons. The first-order valence-corrected chi connectivity index (χ1v) is 9.04. The maximum Gasteiger partial charge on any atom is 0.234 e. The molecular formula is C18H27Cl2N3O. The van der Waals surface area contributed by atoms with Crippen LogP contribution >= 0.6 is 24.0 Å². The Morgan fingerprint density at radius 3 is 2.42 bits per heavy atom. The van der Waals surface area contributed by atoms with E-state index in [1.54, 1.807) is 0 Å². The summed E-state index contributed by atoms with van der Waals surface area (Å²) in [5, 5.41) is 7.38. The van der Waals surface area contributed by atoms with Crippen molar-refractivity contribution < 1.29 is 4.79 Å². The average molecular weight is 372 g/mol. The Morgan fingerprint density at radius 1 is 1.12 bits per heavy atom. The van der Waals surface area contributed by atoms with Gasteiger partial charge in [0.05, 0.1) is 6.54 Å². The Hall–Kier alpha value is -0.810. The van der Waals surface area contributed by atoms with Crippen molar-refractivity contribution in [3.63, 3.8) is 0 Å². The molecule has 1 aromatic rings. The molecule has 1 saturated heterocycles. The first-order chi connectivity index (χ1) is 11.2. The van der Waals surface area contributed by atoms with E-state index in [4.69, 9.17) is 11.6 Å². The van der Waals surface area contributed by atoms with Gasteiger partial charge in [0, 0.05) is 30.7 Å². The van der Waals surface area contributed by atoms with Crippen LogP contribution in [0.4, 0.5) is 0 Å². The number of nitrogens with zero attached hydrogens (tertiary/aromatic N) is 1. The van der Waals surface area contributed by atoms with Gasteiger partial charge < -0.3 is 10.6 Å². The standard InChI is InChI=1S/C18H26ClN3O.ClH/c19-16-5-3-15(4-6-16)12-21-18(23)13-22-9-7-17(8-10-22)20-11-14-1-2-14;/h3-6,14,17,20H,1-2,7-13H2,(H,21,23);1H. The molecule has 24 heavy (non-hydrogen) atoms. The van der Waals surface area contributed by atoms with Gasteiger partial charge in [-0.15, -0.1) is 12.4 Å². The second kappa shape index (κ2) is 9.62. The maximum absolute atomic E-state index is 12.1. The quantitative estimate of drug-likeness (QED) is 0.774. The topological polar surface area (TPSA) is 44.4 Å². The Morgan fingerprint density at radius 2 is 1.79 bits per heavy atom. The Kier molecular flexibility index (Phi) is 7.82. The molecule has 2 N–H and O–H groups in total. The van der Waals surface area contributed by atoms with E-state index in [1.165, 1.54) is 19.4 Å². The Balaban J connectivity index is 0.00000208. The molecule has 6 heteroatoms. The number of likely N-dealkylation sites (tertiary alicyclic amines) is 1. The molecule has 2 fully saturated rings. The van der Waals surface area contributed by atoms with Crippen LogP contribution < -0.4 is 10.6 Å². The second-order valence-electron chi connectivity index (χ2n) is 6.81. The number of hydrogen-bond donors (Lipinski definition) is 2. The third-order valence-corrected chi connectivity index (χ3v) is 5.00. The van der Waals surface area contributed by atoms with Crippen LogP contribution in [0.1, 0.15) is 31.2 Å². The summed E-state index contributed by atoms with van der Waals surface area (Å²) < 4.78 is 0. The summed E-state index contributed by atoms with van der Waals surface area (Å²) in [4.78, 5) is 14.3. The summed E-state index contributed by atoms with van der Waals surface area (Å²) in [5.41, 5.74) is 1.07. The number of rotatable bonds is 7. The summed E-state index contributed by atoms with van der Waals surface area (Å²) in [6.45, 7) is 4.28. The van der Waals surface area contributed by atoms with Gasteiger partial charge in [-0.3, -0.25) is 9.69 Å². The van der Waals surface area contributed by atoms with Crippen LogP contribution in [0.15, 0.2) is 24.3 Å². The number of carbonyl (C=O) groups is 1. The van der Waals surface area contributed by atoms with E-state index >= 15 is 0 Å². The molecule has 0 aromatic heterocycles. The van der Waals surface area contributed by atoms with Crippen molar-refractivity contribution in [3.8, 4) is 0 Å². The molecule has 4 nitrogen and oxygen atoms in total. The third-order valence-electron chi connectivity index (χ3n) is 4.75. The van der Waals surface area contributed by atoms with E-state index in [2.05, 4.69) is 15.5 Å². The fraction of sp³-hybridized carbons (Fsp3) is 0.611. The van der Waals surface area contributed by atoms with E-state index in [9.17, 15) is 4.79 Å². The van der Waals surface area contributed by atoms with Gasteiger partial charge in [-0.2, -0.15) is 0 Å². The first kappa shape index (κ1) is 19.5. The Labute approximate surface area is 155 Å². The Bertz CT molecular complexity index is 512. The molecule has 1 aliphatic carbocycles. The van der Waals surface area contributed by atoms with Gasteiger partial charge in [0.1, 0.15) is 0 Å². The molecule has 1 amide bonds. The minimum Gasteiger partial charge on any atom is -0.351 e. The minimum absolute atomic E-state index is 0. The van der Waals surface area contributed by atoms with Crippen molar-refractivity contribution in [1.82, 2.24) is 15.5 Å². The third kappa shape index (κ3) is 6.60. The van der Waals surface area contributed by atoms with Crippen molar-refractivity contribution in [2.75, 3.05) is 26.2 Å². The highest BCUT2D eigenvalue weighted by molar-refractivity contribution is 6.30. The summed E-state index contributed by atoms with van der Waals surface area (Å²) in [5.74, 6) is 1.04. The van der Waals surface area contributed by atoms with Gasteiger partial charge in [-0.25, -0.2) is 0 Å². The molecule has 2 aliphatic rings. The van der Waals surface area contributed by atoms with Crippen molar-refractivity contribution in [2.24, 2.45) is 5.92 Å². The highest BCUT2D eigenvalue weighted by atomic mass is 35.5. The molecule has 0 atom stereocenters. The molecule has 1 aromatic carbocycles. The van der Waals surface area contributed by atoms with Gasteiger partial charge in [0.15, 0.2) is 0 Å². The van der Waals surface area contributed by atoms with Crippen molar-refractivity contribution in [3.05, 3.63) is 34.9 Å². The summed E-state index contributed by atoms with van der Waals surface area (Å²) in [6.07, 6.45) is 5.10. The summed E-state index contributed by atoms with van der Waals surface area (Å²) in [7, 11) is 0. The molecule has 1 aliphatic heterocycles. The van der Waals surface area contributed by atoms with Crippen molar-refractivity contribution in [1.29, 1.82) is 0 Å². The monoisotopic (exact) mass is 371 g/mol. The first-order valence-electron chi connectivity index (χ1n) is 8.66. The molecule has 0 unspecified atom stereocenters. The van der Waals surface area contributed by atoms with Gasteiger partial charge >= 0.3 is 0 Å². The number of amides is 1. The molecular weight excluding hydrogens is 345 g/mol. The highest BCUT2D eigenvalue weighted by Crippen LogP contribution is 2.28. The number of piperidine rings is 1. The molecule has 0 radical (unpaired) electrons. The van der Waals surface area contributed by atoms with Gasteiger partial charge in [0.25, 0.3) is 0 Å². The smallest absolute Gasteiger partial charge is 0.234 e. The molecule has 0 bridgehead atoms. The number of halogens is 2. The SMILES string of the molecule is Cl.O=C(CN1CCC(NCC2CC2)CC1)NCc1ccc(Cl)cc1. The zero-order valence-electron chi connectivity index (χ0n) is 14.0. The summed E-state index contributed by atoms with van der Waals surface area (Å²) >= 11 is 5.86. The zero-order chi connectivity index (χ0) is 16.1. The van der Waals surface area contributed by atoms with E-state index < -0.39 is 0 Å². The molecule has 0 spiro atoms. The predicted molar refractivity (Wildman–Crippen MR) is 101 cm³/mol. The lowest BCUT2D eigenvalue weighted by molar-refractivity contribution is -0.122. The zero-order valence-corrected chi connectivity index (χ0v) is 15.5. The molecule has 1 heterocycles. The molecule has 1 saturated carbocycles. The maximum atomic E-state index is 12.1. The lowest BCUT2D eigenvalue weighted by atomic mass is 10.0. The van der Waals surface area contributed by atoms with Crippen molar-refractivity contribution in [2.45, 2.75) is 38.3 Å². The number of carbonyl (C=O) groups excluding carboxylic acids is 1. The van der Waals surface area contributed by atoms with Crippen LogP contribution in [0.5, 0.6) is 0 Å². The predicted octanol–water partition coefficient (Wildman–Crippen LogP) is 2.84. The van der Waals surface area contributed by atoms with Crippen LogP contribution in [-0.2, 0) is 11.3 Å². The van der Waals surface area contributed by atoms with Crippen LogP contribution in [0, 0.1) is 5.92 Å². The van der Waals surface area contributed by atoms with Crippen molar-refractivity contribution >= 4 is 29.9 Å². The van der Waals surface area contributed by atoms with Gasteiger partial charge in [0.2, 0.25) is 5.91 Å². The van der Waals surface area contributed by atoms with Crippen LogP contribution in [0.2, 0.25) is 5.02 Å². The average Bonchev–Trinajstić information content (AvgIpc) is 3.38. The second-order valence-corrected chi connectivity index (χ2v) is 7.24. The highest BCUT2D eigenvalue weighted by Gasteiger charge is 2.24.